The molecular formula is C18H14N2O2S. The minimum atomic E-state index is -0.0982. The number of anilines is 1. The topological polar surface area (TPSA) is 59.1 Å². The fraction of sp³-hybridized carbons (Fsp3) is 0.167. The van der Waals surface area contributed by atoms with Crippen LogP contribution in [0.4, 0.5) is 5.13 Å². The monoisotopic (exact) mass is 322 g/mol. The molecule has 1 atom stereocenters. The van der Waals surface area contributed by atoms with Crippen LogP contribution in [0, 0.1) is 5.92 Å². The van der Waals surface area contributed by atoms with Gasteiger partial charge < -0.3 is 5.32 Å². The van der Waals surface area contributed by atoms with Gasteiger partial charge in [0.1, 0.15) is 6.29 Å². The smallest absolute Gasteiger partial charge is 0.229 e. The molecule has 0 fully saturated rings. The summed E-state index contributed by atoms with van der Waals surface area (Å²) >= 11 is 1.48. The molecule has 23 heavy (non-hydrogen) atoms. The van der Waals surface area contributed by atoms with Gasteiger partial charge in [0.25, 0.3) is 0 Å². The first-order valence-corrected chi connectivity index (χ1v) is 8.28. The molecule has 1 amide bonds. The number of rotatable bonds is 3. The number of nitrogens with zero attached hydrogens (tertiary/aromatic N) is 1. The molecule has 0 spiro atoms. The molecule has 3 aromatic rings. The number of benzene rings is 2. The number of aromatic nitrogens is 1. The van der Waals surface area contributed by atoms with E-state index >= 15 is 0 Å². The molecule has 4 nitrogen and oxygen atoms in total. The molecule has 1 N–H and O–H groups in total. The Hall–Kier alpha value is -2.53. The van der Waals surface area contributed by atoms with E-state index in [4.69, 9.17) is 0 Å². The third-order valence-corrected chi connectivity index (χ3v) is 5.15. The second-order valence-corrected chi connectivity index (χ2v) is 6.76. The van der Waals surface area contributed by atoms with Gasteiger partial charge in [-0.05, 0) is 42.2 Å². The number of thiazole rings is 1. The number of para-hydroxylation sites is 1. The third kappa shape index (κ3) is 2.64. The van der Waals surface area contributed by atoms with E-state index in [1.165, 1.54) is 11.3 Å². The number of fused-ring (bicyclic) bond motifs is 2. The summed E-state index contributed by atoms with van der Waals surface area (Å²) in [6.45, 7) is 0. The molecule has 0 aliphatic heterocycles. The van der Waals surface area contributed by atoms with Gasteiger partial charge in [-0.15, -0.1) is 0 Å². The van der Waals surface area contributed by atoms with Crippen molar-refractivity contribution in [3.8, 4) is 0 Å². The second kappa shape index (κ2) is 5.59. The summed E-state index contributed by atoms with van der Waals surface area (Å²) in [5, 5.41) is 3.58. The van der Waals surface area contributed by atoms with Gasteiger partial charge in [0.05, 0.1) is 10.2 Å². The zero-order valence-corrected chi connectivity index (χ0v) is 13.1. The van der Waals surface area contributed by atoms with Gasteiger partial charge in [0, 0.05) is 11.5 Å². The number of carbonyl (C=O) groups excluding carboxylic acids is 2. The Morgan fingerprint density at radius 3 is 2.83 bits per heavy atom. The molecule has 0 bridgehead atoms. The summed E-state index contributed by atoms with van der Waals surface area (Å²) in [5.74, 6) is -0.105. The van der Waals surface area contributed by atoms with Crippen LogP contribution >= 0.6 is 11.3 Å². The lowest BCUT2D eigenvalue weighted by molar-refractivity contribution is -0.119. The summed E-state index contributed by atoms with van der Waals surface area (Å²) in [6, 6.07) is 13.5. The summed E-state index contributed by atoms with van der Waals surface area (Å²) in [7, 11) is 0. The molecule has 2 aromatic carbocycles. The van der Waals surface area contributed by atoms with E-state index in [-0.39, 0.29) is 11.8 Å². The van der Waals surface area contributed by atoms with E-state index in [1.807, 2.05) is 36.4 Å². The Balaban J connectivity index is 1.51. The lowest BCUT2D eigenvalue weighted by Crippen LogP contribution is -2.23. The Morgan fingerprint density at radius 1 is 1.17 bits per heavy atom. The maximum atomic E-state index is 12.5. The standard InChI is InChI=1S/C18H14N2O2S/c21-10-11-5-6-12-8-14(9-13(12)7-11)17(22)20-18-19-15-3-1-2-4-16(15)23-18/h1-7,10,14H,8-9H2,(H,19,20,22). The highest BCUT2D eigenvalue weighted by Gasteiger charge is 2.28. The number of aldehydes is 1. The van der Waals surface area contributed by atoms with Crippen molar-refractivity contribution in [1.82, 2.24) is 4.98 Å². The predicted octanol–water partition coefficient (Wildman–Crippen LogP) is 3.46. The van der Waals surface area contributed by atoms with E-state index in [1.54, 1.807) is 6.07 Å². The van der Waals surface area contributed by atoms with Crippen molar-refractivity contribution < 1.29 is 9.59 Å². The minimum absolute atomic E-state index is 0.00657. The lowest BCUT2D eigenvalue weighted by Gasteiger charge is -2.07. The maximum Gasteiger partial charge on any atom is 0.229 e. The number of amides is 1. The normalized spacial score (nSPS) is 16.3. The maximum absolute atomic E-state index is 12.5. The lowest BCUT2D eigenvalue weighted by atomic mass is 10.1. The van der Waals surface area contributed by atoms with Crippen LogP contribution in [0.2, 0.25) is 0 Å². The predicted molar refractivity (Wildman–Crippen MR) is 91.0 cm³/mol. The van der Waals surface area contributed by atoms with Crippen molar-refractivity contribution in [3.05, 3.63) is 59.2 Å². The van der Waals surface area contributed by atoms with Crippen LogP contribution < -0.4 is 5.32 Å². The van der Waals surface area contributed by atoms with E-state index < -0.39 is 0 Å². The first kappa shape index (κ1) is 14.1. The first-order valence-electron chi connectivity index (χ1n) is 7.46. The van der Waals surface area contributed by atoms with Gasteiger partial charge in [0.15, 0.2) is 5.13 Å². The first-order chi connectivity index (χ1) is 11.2. The van der Waals surface area contributed by atoms with Crippen LogP contribution in [0.5, 0.6) is 0 Å². The number of carbonyl (C=O) groups is 2. The molecule has 5 heteroatoms. The van der Waals surface area contributed by atoms with E-state index in [0.717, 1.165) is 27.6 Å². The van der Waals surface area contributed by atoms with Crippen molar-refractivity contribution in [3.63, 3.8) is 0 Å². The van der Waals surface area contributed by atoms with Crippen molar-refractivity contribution in [2.24, 2.45) is 5.92 Å². The van der Waals surface area contributed by atoms with Gasteiger partial charge in [-0.3, -0.25) is 9.59 Å². The highest BCUT2D eigenvalue weighted by Crippen LogP contribution is 2.30. The van der Waals surface area contributed by atoms with Crippen LogP contribution in [-0.4, -0.2) is 17.2 Å². The van der Waals surface area contributed by atoms with Crippen molar-refractivity contribution >= 4 is 38.9 Å². The van der Waals surface area contributed by atoms with Gasteiger partial charge in [0.2, 0.25) is 5.91 Å². The highest BCUT2D eigenvalue weighted by atomic mass is 32.1. The summed E-state index contributed by atoms with van der Waals surface area (Å²) in [6.07, 6.45) is 2.23. The summed E-state index contributed by atoms with van der Waals surface area (Å²) in [5.41, 5.74) is 3.81. The fourth-order valence-corrected chi connectivity index (χ4v) is 3.90. The van der Waals surface area contributed by atoms with Crippen LogP contribution in [0.15, 0.2) is 42.5 Å². The zero-order valence-electron chi connectivity index (χ0n) is 12.3. The van der Waals surface area contributed by atoms with Gasteiger partial charge in [-0.25, -0.2) is 4.98 Å². The van der Waals surface area contributed by atoms with Crippen LogP contribution in [0.1, 0.15) is 21.5 Å². The van der Waals surface area contributed by atoms with Crippen LogP contribution in [-0.2, 0) is 17.6 Å². The zero-order chi connectivity index (χ0) is 15.8. The quantitative estimate of drug-likeness (QED) is 0.751. The molecule has 1 heterocycles. The largest absolute Gasteiger partial charge is 0.302 e. The Labute approximate surface area is 137 Å². The third-order valence-electron chi connectivity index (χ3n) is 4.19. The molecule has 1 aromatic heterocycles. The molecule has 0 saturated carbocycles. The molecule has 1 unspecified atom stereocenters. The number of nitrogens with one attached hydrogen (secondary N) is 1. The average molecular weight is 322 g/mol. The molecular weight excluding hydrogens is 308 g/mol. The average Bonchev–Trinajstić information content (AvgIpc) is 3.16. The summed E-state index contributed by atoms with van der Waals surface area (Å²) < 4.78 is 1.06. The Morgan fingerprint density at radius 2 is 2.00 bits per heavy atom. The number of hydrogen-bond donors (Lipinski definition) is 1. The molecule has 4 rings (SSSR count). The molecule has 0 saturated heterocycles. The van der Waals surface area contributed by atoms with E-state index in [9.17, 15) is 9.59 Å². The van der Waals surface area contributed by atoms with Crippen molar-refractivity contribution in [2.75, 3.05) is 5.32 Å². The van der Waals surface area contributed by atoms with Crippen molar-refractivity contribution in [2.45, 2.75) is 12.8 Å². The fourth-order valence-electron chi connectivity index (χ4n) is 3.03. The number of hydrogen-bond acceptors (Lipinski definition) is 4. The van der Waals surface area contributed by atoms with Crippen LogP contribution in [0.25, 0.3) is 10.2 Å². The minimum Gasteiger partial charge on any atom is -0.302 e. The summed E-state index contributed by atoms with van der Waals surface area (Å²) in [4.78, 5) is 27.8. The van der Waals surface area contributed by atoms with Crippen LogP contribution in [0.3, 0.4) is 0 Å². The molecule has 0 radical (unpaired) electrons. The van der Waals surface area contributed by atoms with Gasteiger partial charge in [-0.2, -0.15) is 0 Å². The van der Waals surface area contributed by atoms with E-state index in [2.05, 4.69) is 10.3 Å². The SMILES string of the molecule is O=Cc1ccc2c(c1)CC(C(=O)Nc1nc3ccccc3s1)C2. The van der Waals surface area contributed by atoms with Crippen molar-refractivity contribution in [1.29, 1.82) is 0 Å². The van der Waals surface area contributed by atoms with Gasteiger partial charge >= 0.3 is 0 Å². The molecule has 1 aliphatic rings. The Kier molecular flexibility index (Phi) is 3.42. The Bertz CT molecular complexity index is 883. The van der Waals surface area contributed by atoms with E-state index in [0.29, 0.717) is 23.5 Å². The van der Waals surface area contributed by atoms with Gasteiger partial charge in [-0.1, -0.05) is 35.6 Å². The highest BCUT2D eigenvalue weighted by molar-refractivity contribution is 7.22. The molecule has 114 valence electrons. The second-order valence-electron chi connectivity index (χ2n) is 5.73. The molecule has 1 aliphatic carbocycles.